The number of ether oxygens (including phenoxy) is 1. The number of halogens is 1. The quantitative estimate of drug-likeness (QED) is 0.779. The minimum atomic E-state index is -0.475. The Kier molecular flexibility index (Phi) is 3.95. The standard InChI is InChI=1S/C16H15FO2/c1-11(2)19-15-9-13(8-14(17)10-15)16(18)12-6-4-3-5-7-12/h3-11H,1-2H3. The van der Waals surface area contributed by atoms with Crippen molar-refractivity contribution < 1.29 is 13.9 Å². The van der Waals surface area contributed by atoms with E-state index in [1.807, 2.05) is 19.9 Å². The Balaban J connectivity index is 2.34. The summed E-state index contributed by atoms with van der Waals surface area (Å²) < 4.78 is 19.0. The van der Waals surface area contributed by atoms with Crippen LogP contribution in [0.4, 0.5) is 4.39 Å². The Morgan fingerprint density at radius 2 is 1.74 bits per heavy atom. The van der Waals surface area contributed by atoms with E-state index in [1.165, 1.54) is 12.1 Å². The van der Waals surface area contributed by atoms with Crippen LogP contribution in [0.15, 0.2) is 48.5 Å². The van der Waals surface area contributed by atoms with E-state index in [-0.39, 0.29) is 11.9 Å². The van der Waals surface area contributed by atoms with Gasteiger partial charge in [-0.25, -0.2) is 4.39 Å². The lowest BCUT2D eigenvalue weighted by Crippen LogP contribution is -2.08. The number of carbonyl (C=O) groups excluding carboxylic acids is 1. The molecule has 3 heteroatoms. The van der Waals surface area contributed by atoms with Gasteiger partial charge in [-0.2, -0.15) is 0 Å². The third kappa shape index (κ3) is 3.41. The molecule has 0 spiro atoms. The van der Waals surface area contributed by atoms with E-state index in [1.54, 1.807) is 30.3 Å². The first-order valence-electron chi connectivity index (χ1n) is 6.13. The van der Waals surface area contributed by atoms with E-state index in [0.717, 1.165) is 0 Å². The number of ketones is 1. The van der Waals surface area contributed by atoms with E-state index in [0.29, 0.717) is 16.9 Å². The summed E-state index contributed by atoms with van der Waals surface area (Å²) in [4.78, 5) is 12.2. The molecule has 0 aliphatic rings. The lowest BCUT2D eigenvalue weighted by Gasteiger charge is -2.11. The zero-order chi connectivity index (χ0) is 13.8. The Hall–Kier alpha value is -2.16. The lowest BCUT2D eigenvalue weighted by atomic mass is 10.0. The molecule has 0 unspecified atom stereocenters. The molecule has 2 nitrogen and oxygen atoms in total. The molecule has 2 aromatic carbocycles. The van der Waals surface area contributed by atoms with Crippen LogP contribution in [-0.4, -0.2) is 11.9 Å². The molecule has 0 aromatic heterocycles. The largest absolute Gasteiger partial charge is 0.491 e. The Labute approximate surface area is 111 Å². The second kappa shape index (κ2) is 5.65. The fourth-order valence-electron chi connectivity index (χ4n) is 1.79. The fourth-order valence-corrected chi connectivity index (χ4v) is 1.79. The monoisotopic (exact) mass is 258 g/mol. The van der Waals surface area contributed by atoms with Crippen LogP contribution in [0.5, 0.6) is 5.75 Å². The van der Waals surface area contributed by atoms with Crippen molar-refractivity contribution in [2.24, 2.45) is 0 Å². The predicted molar refractivity (Wildman–Crippen MR) is 72.0 cm³/mol. The summed E-state index contributed by atoms with van der Waals surface area (Å²) in [5.41, 5.74) is 0.824. The Bertz CT molecular complexity index is 577. The fraction of sp³-hybridized carbons (Fsp3) is 0.188. The molecule has 2 aromatic rings. The molecule has 98 valence electrons. The lowest BCUT2D eigenvalue weighted by molar-refractivity contribution is 0.103. The van der Waals surface area contributed by atoms with Gasteiger partial charge in [0.15, 0.2) is 5.78 Å². The summed E-state index contributed by atoms with van der Waals surface area (Å²) >= 11 is 0. The second-order valence-corrected chi connectivity index (χ2v) is 4.54. The van der Waals surface area contributed by atoms with Crippen molar-refractivity contribution in [1.82, 2.24) is 0 Å². The van der Waals surface area contributed by atoms with Gasteiger partial charge in [0, 0.05) is 17.2 Å². The van der Waals surface area contributed by atoms with Crippen LogP contribution < -0.4 is 4.74 Å². The zero-order valence-electron chi connectivity index (χ0n) is 10.9. The molecular formula is C16H15FO2. The minimum absolute atomic E-state index is 0.0681. The highest BCUT2D eigenvalue weighted by Gasteiger charge is 2.12. The smallest absolute Gasteiger partial charge is 0.193 e. The first-order chi connectivity index (χ1) is 9.06. The molecule has 0 N–H and O–H groups in total. The van der Waals surface area contributed by atoms with Crippen LogP contribution in [-0.2, 0) is 0 Å². The first-order valence-corrected chi connectivity index (χ1v) is 6.13. The molecule has 0 fully saturated rings. The topological polar surface area (TPSA) is 26.3 Å². The third-order valence-corrected chi connectivity index (χ3v) is 2.54. The summed E-state index contributed by atoms with van der Waals surface area (Å²) in [5, 5.41) is 0. The maximum atomic E-state index is 13.5. The number of hydrogen-bond acceptors (Lipinski definition) is 2. The van der Waals surface area contributed by atoms with Gasteiger partial charge < -0.3 is 4.74 Å². The van der Waals surface area contributed by atoms with Crippen LogP contribution in [0.1, 0.15) is 29.8 Å². The minimum Gasteiger partial charge on any atom is -0.491 e. The first kappa shape index (κ1) is 13.3. The molecule has 2 rings (SSSR count). The second-order valence-electron chi connectivity index (χ2n) is 4.54. The van der Waals surface area contributed by atoms with E-state index in [2.05, 4.69) is 0 Å². The van der Waals surface area contributed by atoms with Crippen molar-refractivity contribution in [2.75, 3.05) is 0 Å². The summed E-state index contributed by atoms with van der Waals surface area (Å²) in [7, 11) is 0. The van der Waals surface area contributed by atoms with Gasteiger partial charge in [-0.1, -0.05) is 30.3 Å². The Morgan fingerprint density at radius 3 is 2.37 bits per heavy atom. The molecule has 0 bridgehead atoms. The predicted octanol–water partition coefficient (Wildman–Crippen LogP) is 3.84. The van der Waals surface area contributed by atoms with Gasteiger partial charge in [-0.15, -0.1) is 0 Å². The average Bonchev–Trinajstić information content (AvgIpc) is 2.37. The molecule has 0 amide bonds. The molecular weight excluding hydrogens is 243 g/mol. The molecule has 0 atom stereocenters. The molecule has 0 saturated heterocycles. The van der Waals surface area contributed by atoms with Gasteiger partial charge in [-0.3, -0.25) is 4.79 Å². The number of benzene rings is 2. The van der Waals surface area contributed by atoms with Gasteiger partial charge in [0.2, 0.25) is 0 Å². The van der Waals surface area contributed by atoms with Crippen LogP contribution >= 0.6 is 0 Å². The van der Waals surface area contributed by atoms with Crippen molar-refractivity contribution >= 4 is 5.78 Å². The van der Waals surface area contributed by atoms with Gasteiger partial charge in [0.1, 0.15) is 11.6 Å². The number of carbonyl (C=O) groups is 1. The van der Waals surface area contributed by atoms with Crippen molar-refractivity contribution in [3.05, 3.63) is 65.5 Å². The summed E-state index contributed by atoms with van der Waals surface area (Å²) in [5.74, 6) is -0.319. The maximum Gasteiger partial charge on any atom is 0.193 e. The summed E-state index contributed by atoms with van der Waals surface area (Å²) in [6, 6.07) is 12.9. The zero-order valence-corrected chi connectivity index (χ0v) is 10.9. The third-order valence-electron chi connectivity index (χ3n) is 2.54. The Morgan fingerprint density at radius 1 is 1.05 bits per heavy atom. The molecule has 0 radical (unpaired) electrons. The van der Waals surface area contributed by atoms with E-state index < -0.39 is 5.82 Å². The van der Waals surface area contributed by atoms with Crippen molar-refractivity contribution in [1.29, 1.82) is 0 Å². The highest BCUT2D eigenvalue weighted by molar-refractivity contribution is 6.09. The highest BCUT2D eigenvalue weighted by Crippen LogP contribution is 2.20. The van der Waals surface area contributed by atoms with Crippen LogP contribution in [0.25, 0.3) is 0 Å². The molecule has 0 heterocycles. The SMILES string of the molecule is CC(C)Oc1cc(F)cc(C(=O)c2ccccc2)c1. The van der Waals surface area contributed by atoms with E-state index >= 15 is 0 Å². The summed E-state index contributed by atoms with van der Waals surface area (Å²) in [6.07, 6.45) is -0.0681. The molecule has 0 saturated carbocycles. The summed E-state index contributed by atoms with van der Waals surface area (Å²) in [6.45, 7) is 3.70. The van der Waals surface area contributed by atoms with Crippen molar-refractivity contribution in [2.45, 2.75) is 20.0 Å². The van der Waals surface area contributed by atoms with Gasteiger partial charge in [0.05, 0.1) is 6.10 Å². The van der Waals surface area contributed by atoms with Gasteiger partial charge >= 0.3 is 0 Å². The van der Waals surface area contributed by atoms with E-state index in [4.69, 9.17) is 4.74 Å². The molecule has 0 aliphatic heterocycles. The number of rotatable bonds is 4. The van der Waals surface area contributed by atoms with Crippen molar-refractivity contribution in [3.8, 4) is 5.75 Å². The van der Waals surface area contributed by atoms with Crippen LogP contribution in [0.3, 0.4) is 0 Å². The molecule has 19 heavy (non-hydrogen) atoms. The average molecular weight is 258 g/mol. The highest BCUT2D eigenvalue weighted by atomic mass is 19.1. The van der Waals surface area contributed by atoms with Gasteiger partial charge in [-0.05, 0) is 26.0 Å². The molecule has 0 aliphatic carbocycles. The van der Waals surface area contributed by atoms with Gasteiger partial charge in [0.25, 0.3) is 0 Å². The maximum absolute atomic E-state index is 13.5. The number of hydrogen-bond donors (Lipinski definition) is 0. The van der Waals surface area contributed by atoms with Crippen LogP contribution in [0, 0.1) is 5.82 Å². The van der Waals surface area contributed by atoms with Crippen molar-refractivity contribution in [3.63, 3.8) is 0 Å². The van der Waals surface area contributed by atoms with Crippen LogP contribution in [0.2, 0.25) is 0 Å². The van der Waals surface area contributed by atoms with E-state index in [9.17, 15) is 9.18 Å². The normalized spacial score (nSPS) is 10.5.